The molecule has 0 amide bonds. The Morgan fingerprint density at radius 1 is 0.941 bits per heavy atom. The summed E-state index contributed by atoms with van der Waals surface area (Å²) >= 11 is 0. The lowest BCUT2D eigenvalue weighted by Gasteiger charge is -2.11. The molecule has 1 rings (SSSR count). The molecule has 0 aliphatic carbocycles. The summed E-state index contributed by atoms with van der Waals surface area (Å²) in [5.74, 6) is 0.660. The van der Waals surface area contributed by atoms with E-state index in [2.05, 4.69) is 45.0 Å². The molecule has 0 atom stereocenters. The van der Waals surface area contributed by atoms with Gasteiger partial charge < -0.3 is 0 Å². The van der Waals surface area contributed by atoms with Crippen molar-refractivity contribution in [1.82, 2.24) is 0 Å². The van der Waals surface area contributed by atoms with Gasteiger partial charge in [0.1, 0.15) is 0 Å². The van der Waals surface area contributed by atoms with Crippen molar-refractivity contribution in [3.05, 3.63) is 35.4 Å². The second kappa shape index (κ2) is 15.2. The number of hydrogen-bond acceptors (Lipinski definition) is 0. The smallest absolute Gasteiger partial charge is 0.0216 e. The summed E-state index contributed by atoms with van der Waals surface area (Å²) in [6.45, 7) is 14.8. The Morgan fingerprint density at radius 3 is 1.82 bits per heavy atom. The van der Waals surface area contributed by atoms with Gasteiger partial charge >= 0.3 is 0 Å². The average Bonchev–Trinajstić information content (AvgIpc) is 2.35. The van der Waals surface area contributed by atoms with Gasteiger partial charge in [0.2, 0.25) is 0 Å². The Balaban J connectivity index is -0.000000355. The lowest BCUT2D eigenvalue weighted by molar-refractivity contribution is 0.821. The van der Waals surface area contributed by atoms with Crippen molar-refractivity contribution in [2.75, 3.05) is 0 Å². The van der Waals surface area contributed by atoms with Crippen LogP contribution >= 0.6 is 0 Å². The van der Waals surface area contributed by atoms with Crippen LogP contribution in [0.5, 0.6) is 0 Å². The fourth-order valence-electron chi connectivity index (χ4n) is 1.59. The van der Waals surface area contributed by atoms with Gasteiger partial charge in [-0.1, -0.05) is 86.6 Å². The Kier molecular flexibility index (Phi) is 19.2. The minimum atomic E-state index is 0. The molecular weight excluding hydrogens is 204 g/mol. The van der Waals surface area contributed by atoms with Crippen molar-refractivity contribution in [3.8, 4) is 0 Å². The maximum atomic E-state index is 2.26. The number of hydrogen-bond donors (Lipinski definition) is 0. The first kappa shape index (κ1) is 21.5. The van der Waals surface area contributed by atoms with Gasteiger partial charge in [-0.3, -0.25) is 0 Å². The molecule has 102 valence electrons. The molecule has 0 aliphatic heterocycles. The quantitative estimate of drug-likeness (QED) is 0.567. The molecule has 0 fully saturated rings. The topological polar surface area (TPSA) is 0 Å². The molecule has 0 unspecified atom stereocenters. The molecule has 0 bridgehead atoms. The molecule has 0 spiro atoms. The summed E-state index contributed by atoms with van der Waals surface area (Å²) < 4.78 is 0. The summed E-state index contributed by atoms with van der Waals surface area (Å²) in [7, 11) is 0. The molecule has 0 aliphatic rings. The van der Waals surface area contributed by atoms with Crippen LogP contribution in [0, 0.1) is 0 Å². The second-order valence-electron chi connectivity index (χ2n) is 3.60. The van der Waals surface area contributed by atoms with Crippen molar-refractivity contribution >= 4 is 0 Å². The summed E-state index contributed by atoms with van der Waals surface area (Å²) in [5, 5.41) is 0. The third kappa shape index (κ3) is 8.97. The van der Waals surface area contributed by atoms with E-state index >= 15 is 0 Å². The van der Waals surface area contributed by atoms with Crippen molar-refractivity contribution in [2.45, 2.75) is 74.7 Å². The van der Waals surface area contributed by atoms with E-state index in [1.807, 2.05) is 27.7 Å². The van der Waals surface area contributed by atoms with Crippen molar-refractivity contribution in [3.63, 3.8) is 0 Å². The molecule has 0 aromatic heterocycles. The van der Waals surface area contributed by atoms with Crippen molar-refractivity contribution in [2.24, 2.45) is 0 Å². The van der Waals surface area contributed by atoms with E-state index in [9.17, 15) is 0 Å². The van der Waals surface area contributed by atoms with Crippen LogP contribution < -0.4 is 0 Å². The first-order chi connectivity index (χ1) is 7.75. The summed E-state index contributed by atoms with van der Waals surface area (Å²) in [4.78, 5) is 0. The molecule has 0 radical (unpaired) electrons. The van der Waals surface area contributed by atoms with Gasteiger partial charge in [-0.15, -0.1) is 0 Å². The maximum Gasteiger partial charge on any atom is -0.0216 e. The van der Waals surface area contributed by atoms with E-state index in [-0.39, 0.29) is 7.43 Å². The Bertz CT molecular complexity index is 236. The highest BCUT2D eigenvalue weighted by Crippen LogP contribution is 2.19. The zero-order valence-corrected chi connectivity index (χ0v) is 12.3. The van der Waals surface area contributed by atoms with Gasteiger partial charge in [0.05, 0.1) is 0 Å². The SMILES string of the molecule is C.CC.CC.CCCc1ccccc1C(C)C. The largest absolute Gasteiger partial charge is 0.0776 e. The monoisotopic (exact) mass is 238 g/mol. The Hall–Kier alpha value is -0.780. The minimum Gasteiger partial charge on any atom is -0.0776 e. The maximum absolute atomic E-state index is 2.26. The highest BCUT2D eigenvalue weighted by atomic mass is 14.1. The van der Waals surface area contributed by atoms with E-state index in [1.165, 1.54) is 24.0 Å². The van der Waals surface area contributed by atoms with Gasteiger partial charge in [-0.25, -0.2) is 0 Å². The molecule has 0 saturated carbocycles. The van der Waals surface area contributed by atoms with Gasteiger partial charge in [-0.05, 0) is 23.5 Å². The van der Waals surface area contributed by atoms with Gasteiger partial charge in [0, 0.05) is 0 Å². The minimum absolute atomic E-state index is 0. The zero-order valence-electron chi connectivity index (χ0n) is 12.3. The van der Waals surface area contributed by atoms with E-state index in [0.29, 0.717) is 5.92 Å². The fraction of sp³-hybridized carbons (Fsp3) is 0.647. The average molecular weight is 238 g/mol. The number of aryl methyl sites for hydroxylation is 1. The highest BCUT2D eigenvalue weighted by molar-refractivity contribution is 5.29. The predicted molar refractivity (Wildman–Crippen MR) is 84.0 cm³/mol. The molecule has 1 aromatic carbocycles. The lowest BCUT2D eigenvalue weighted by Crippen LogP contribution is -1.94. The van der Waals surface area contributed by atoms with Crippen molar-refractivity contribution < 1.29 is 0 Å². The molecular formula is C17H34. The summed E-state index contributed by atoms with van der Waals surface area (Å²) in [6, 6.07) is 8.76. The van der Waals surface area contributed by atoms with Gasteiger partial charge in [0.15, 0.2) is 0 Å². The van der Waals surface area contributed by atoms with E-state index in [4.69, 9.17) is 0 Å². The summed E-state index contributed by atoms with van der Waals surface area (Å²) in [5.41, 5.74) is 3.04. The van der Waals surface area contributed by atoms with E-state index < -0.39 is 0 Å². The van der Waals surface area contributed by atoms with Crippen LogP contribution in [-0.2, 0) is 6.42 Å². The first-order valence-electron chi connectivity index (χ1n) is 6.83. The lowest BCUT2D eigenvalue weighted by atomic mass is 9.95. The molecule has 0 nitrogen and oxygen atoms in total. The van der Waals surface area contributed by atoms with Crippen LogP contribution in [0.3, 0.4) is 0 Å². The van der Waals surface area contributed by atoms with Crippen LogP contribution in [0.2, 0.25) is 0 Å². The summed E-state index contributed by atoms with van der Waals surface area (Å²) in [6.07, 6.45) is 2.46. The first-order valence-corrected chi connectivity index (χ1v) is 6.83. The van der Waals surface area contributed by atoms with Gasteiger partial charge in [0.25, 0.3) is 0 Å². The third-order valence-electron chi connectivity index (χ3n) is 2.20. The van der Waals surface area contributed by atoms with Crippen LogP contribution in [0.4, 0.5) is 0 Å². The predicted octanol–water partition coefficient (Wildman–Crippen LogP) is 6.45. The molecule has 0 heterocycles. The van der Waals surface area contributed by atoms with E-state index in [0.717, 1.165) is 0 Å². The van der Waals surface area contributed by atoms with Gasteiger partial charge in [-0.2, -0.15) is 0 Å². The molecule has 1 aromatic rings. The normalized spacial score (nSPS) is 8.24. The van der Waals surface area contributed by atoms with Crippen LogP contribution in [0.15, 0.2) is 24.3 Å². The standard InChI is InChI=1S/C12H18.2C2H6.CH4/c1-4-7-11-8-5-6-9-12(11)10(2)3;2*1-2;/h5-6,8-10H,4,7H2,1-3H3;2*1-2H3;1H4. The Labute approximate surface area is 110 Å². The Morgan fingerprint density at radius 2 is 1.41 bits per heavy atom. The molecule has 0 saturated heterocycles. The molecule has 0 N–H and O–H groups in total. The zero-order chi connectivity index (χ0) is 13.0. The second-order valence-corrected chi connectivity index (χ2v) is 3.60. The van der Waals surface area contributed by atoms with Crippen LogP contribution in [-0.4, -0.2) is 0 Å². The van der Waals surface area contributed by atoms with E-state index in [1.54, 1.807) is 0 Å². The highest BCUT2D eigenvalue weighted by Gasteiger charge is 2.03. The molecule has 0 heteroatoms. The third-order valence-corrected chi connectivity index (χ3v) is 2.20. The van der Waals surface area contributed by atoms with Crippen LogP contribution in [0.25, 0.3) is 0 Å². The van der Waals surface area contributed by atoms with Crippen LogP contribution in [0.1, 0.15) is 79.4 Å². The number of benzene rings is 1. The number of rotatable bonds is 3. The fourth-order valence-corrected chi connectivity index (χ4v) is 1.59. The van der Waals surface area contributed by atoms with Crippen molar-refractivity contribution in [1.29, 1.82) is 0 Å². The molecule has 17 heavy (non-hydrogen) atoms.